The Bertz CT molecular complexity index is 1840. The van der Waals surface area contributed by atoms with Gasteiger partial charge in [-0.05, 0) is 51.8 Å². The van der Waals surface area contributed by atoms with Crippen LogP contribution in [0.25, 0.3) is 22.2 Å². The quantitative estimate of drug-likeness (QED) is 0.0757. The highest BCUT2D eigenvalue weighted by Gasteiger charge is 2.30. The Kier molecular flexibility index (Phi) is 10.4. The minimum Gasteiger partial charge on any atom is -0.466 e. The van der Waals surface area contributed by atoms with Gasteiger partial charge >= 0.3 is 16.3 Å². The van der Waals surface area contributed by atoms with E-state index in [0.29, 0.717) is 25.2 Å². The number of rotatable bonds is 14. The number of carbonyl (C=O) groups is 1. The van der Waals surface area contributed by atoms with Gasteiger partial charge in [0, 0.05) is 42.5 Å². The maximum atomic E-state index is 13.2. The number of hydrogen-bond acceptors (Lipinski definition) is 11. The molecule has 1 aromatic carbocycles. The SMILES string of the molecule is C=C(OS(C)(=O)=O)C(=O)Nc1cc(Nc2nccc(-c3cn(C)c4ccccc34)n2)c(OCC(F)(F)F)nc1NCCCN(C)C. The van der Waals surface area contributed by atoms with Crippen LogP contribution in [0.2, 0.25) is 0 Å². The molecule has 17 heteroatoms. The van der Waals surface area contributed by atoms with Gasteiger partial charge in [-0.25, -0.2) is 9.97 Å². The van der Waals surface area contributed by atoms with Gasteiger partial charge in [0.1, 0.15) is 5.69 Å². The molecule has 0 aliphatic heterocycles. The minimum atomic E-state index is -4.68. The Balaban J connectivity index is 1.73. The molecule has 3 heterocycles. The van der Waals surface area contributed by atoms with E-state index in [0.717, 1.165) is 22.7 Å². The first-order valence-corrected chi connectivity index (χ1v) is 15.6. The first-order valence-electron chi connectivity index (χ1n) is 13.8. The van der Waals surface area contributed by atoms with Crippen LogP contribution in [0.3, 0.4) is 0 Å². The molecule has 0 saturated carbocycles. The van der Waals surface area contributed by atoms with Crippen LogP contribution in [-0.2, 0) is 26.1 Å². The highest BCUT2D eigenvalue weighted by molar-refractivity contribution is 7.86. The lowest BCUT2D eigenvalue weighted by molar-refractivity contribution is -0.153. The number of aromatic nitrogens is 4. The van der Waals surface area contributed by atoms with Crippen molar-refractivity contribution in [2.75, 3.05) is 56.0 Å². The van der Waals surface area contributed by atoms with Crippen molar-refractivity contribution in [1.29, 1.82) is 0 Å². The number of nitrogens with zero attached hydrogens (tertiary/aromatic N) is 5. The summed E-state index contributed by atoms with van der Waals surface area (Å²) in [6.45, 7) is 2.68. The Hall–Kier alpha value is -4.90. The summed E-state index contributed by atoms with van der Waals surface area (Å²) in [6, 6.07) is 10.6. The molecule has 3 aromatic heterocycles. The van der Waals surface area contributed by atoms with Crippen molar-refractivity contribution in [3.8, 4) is 17.1 Å². The number of aryl methyl sites for hydroxylation is 1. The van der Waals surface area contributed by atoms with E-state index in [2.05, 4.69) is 41.7 Å². The van der Waals surface area contributed by atoms with Crippen LogP contribution in [0.15, 0.2) is 61.1 Å². The van der Waals surface area contributed by atoms with Crippen molar-refractivity contribution in [3.05, 3.63) is 61.1 Å². The van der Waals surface area contributed by atoms with Gasteiger partial charge in [0.05, 0.1) is 17.6 Å². The summed E-state index contributed by atoms with van der Waals surface area (Å²) < 4.78 is 74.3. The van der Waals surface area contributed by atoms with Gasteiger partial charge in [-0.15, -0.1) is 0 Å². The Morgan fingerprint density at radius 1 is 1.13 bits per heavy atom. The van der Waals surface area contributed by atoms with Gasteiger partial charge in [0.15, 0.2) is 18.2 Å². The van der Waals surface area contributed by atoms with Crippen LogP contribution >= 0.6 is 0 Å². The highest BCUT2D eigenvalue weighted by Crippen LogP contribution is 2.35. The van der Waals surface area contributed by atoms with Gasteiger partial charge in [-0.3, -0.25) is 4.79 Å². The standard InChI is InChI=1S/C29H33F3N8O5S/c1-18(45-46(5,42)43)26(41)35-22-15-23(27(44-17-29(30,31)32)38-25(22)33-12-8-14-39(2)3)37-28-34-13-11-21(36-28)20-16-40(4)24-10-7-6-9-19(20)24/h6-7,9-11,13,15-16H,1,8,12,14,17H2,2-5H3,(H,33,38)(H,35,41)(H,34,36,37). The highest BCUT2D eigenvalue weighted by atomic mass is 32.2. The molecule has 13 nitrogen and oxygen atoms in total. The normalized spacial score (nSPS) is 11.8. The molecule has 0 fully saturated rings. The molecule has 0 aliphatic rings. The number of amides is 1. The van der Waals surface area contributed by atoms with Gasteiger partial charge in [-0.1, -0.05) is 18.2 Å². The summed E-state index contributed by atoms with van der Waals surface area (Å²) in [5, 5.41) is 9.19. The van der Waals surface area contributed by atoms with Gasteiger partial charge in [0.25, 0.3) is 5.91 Å². The maximum absolute atomic E-state index is 13.2. The number of para-hydroxylation sites is 1. The smallest absolute Gasteiger partial charge is 0.422 e. The largest absolute Gasteiger partial charge is 0.466 e. The van der Waals surface area contributed by atoms with Crippen LogP contribution < -0.4 is 20.7 Å². The second-order valence-corrected chi connectivity index (χ2v) is 12.0. The number of hydrogen-bond donors (Lipinski definition) is 3. The third-order valence-electron chi connectivity index (χ3n) is 6.26. The van der Waals surface area contributed by atoms with Crippen molar-refractivity contribution in [1.82, 2.24) is 24.4 Å². The number of halogens is 3. The van der Waals surface area contributed by atoms with Crippen LogP contribution in [0.5, 0.6) is 5.88 Å². The van der Waals surface area contributed by atoms with E-state index in [1.54, 1.807) is 6.07 Å². The average Bonchev–Trinajstić information content (AvgIpc) is 3.30. The topological polar surface area (TPSA) is 153 Å². The summed E-state index contributed by atoms with van der Waals surface area (Å²) in [5.41, 5.74) is 2.13. The molecular weight excluding hydrogens is 629 g/mol. The number of nitrogens with one attached hydrogen (secondary N) is 3. The molecule has 0 radical (unpaired) electrons. The number of carbonyl (C=O) groups excluding carboxylic acids is 1. The van der Waals surface area contributed by atoms with Crippen LogP contribution in [0, 0.1) is 0 Å². The van der Waals surface area contributed by atoms with E-state index in [9.17, 15) is 26.4 Å². The molecule has 0 saturated heterocycles. The van der Waals surface area contributed by atoms with Crippen LogP contribution in [-0.4, -0.2) is 85.0 Å². The Morgan fingerprint density at radius 3 is 2.57 bits per heavy atom. The van der Waals surface area contributed by atoms with Crippen molar-refractivity contribution >= 4 is 50.1 Å². The molecule has 4 aromatic rings. The molecule has 246 valence electrons. The van der Waals surface area contributed by atoms with Gasteiger partial charge in [0.2, 0.25) is 11.8 Å². The zero-order chi connectivity index (χ0) is 33.6. The maximum Gasteiger partial charge on any atom is 0.422 e. The molecule has 0 bridgehead atoms. The third kappa shape index (κ3) is 9.31. The number of ether oxygens (including phenoxy) is 1. The van der Waals surface area contributed by atoms with Crippen LogP contribution in [0.1, 0.15) is 6.42 Å². The van der Waals surface area contributed by atoms with Gasteiger partial charge in [-0.2, -0.15) is 26.6 Å². The molecule has 46 heavy (non-hydrogen) atoms. The Morgan fingerprint density at radius 2 is 1.87 bits per heavy atom. The fourth-order valence-electron chi connectivity index (χ4n) is 4.33. The fraction of sp³-hybridized carbons (Fsp3) is 0.310. The van der Waals surface area contributed by atoms with Crippen molar-refractivity contribution in [2.45, 2.75) is 12.6 Å². The van der Waals surface area contributed by atoms with E-state index in [4.69, 9.17) is 4.74 Å². The molecule has 0 aliphatic carbocycles. The second-order valence-electron chi connectivity index (χ2n) is 10.5. The summed E-state index contributed by atoms with van der Waals surface area (Å²) in [6.07, 6.45) is 0.0418. The van der Waals surface area contributed by atoms with Crippen molar-refractivity contribution < 1.29 is 35.3 Å². The van der Waals surface area contributed by atoms with E-state index in [-0.39, 0.29) is 23.1 Å². The lowest BCUT2D eigenvalue weighted by Gasteiger charge is -2.19. The number of alkyl halides is 3. The fourth-order valence-corrected chi connectivity index (χ4v) is 4.77. The van der Waals surface area contributed by atoms with Crippen molar-refractivity contribution in [3.63, 3.8) is 0 Å². The predicted molar refractivity (Wildman–Crippen MR) is 168 cm³/mol. The third-order valence-corrected chi connectivity index (χ3v) is 6.77. The lowest BCUT2D eigenvalue weighted by Crippen LogP contribution is -2.22. The van der Waals surface area contributed by atoms with E-state index in [1.165, 1.54) is 12.3 Å². The second kappa shape index (κ2) is 14.0. The van der Waals surface area contributed by atoms with Gasteiger partial charge < -0.3 is 34.3 Å². The monoisotopic (exact) mass is 662 g/mol. The number of fused-ring (bicyclic) bond motifs is 1. The van der Waals surface area contributed by atoms with Crippen LogP contribution in [0.4, 0.5) is 36.3 Å². The van der Waals surface area contributed by atoms with E-state index in [1.807, 2.05) is 61.1 Å². The zero-order valence-corrected chi connectivity index (χ0v) is 26.3. The average molecular weight is 663 g/mol. The zero-order valence-electron chi connectivity index (χ0n) is 25.5. The molecule has 4 rings (SSSR count). The van der Waals surface area contributed by atoms with Crippen molar-refractivity contribution in [2.24, 2.45) is 7.05 Å². The van der Waals surface area contributed by atoms with E-state index < -0.39 is 40.4 Å². The molecule has 0 atom stereocenters. The summed E-state index contributed by atoms with van der Waals surface area (Å²) in [5.74, 6) is -2.28. The number of benzene rings is 1. The minimum absolute atomic E-state index is 0.00196. The Labute approximate surface area is 263 Å². The number of anilines is 4. The first kappa shape index (κ1) is 34.0. The molecule has 0 spiro atoms. The van der Waals surface area contributed by atoms with E-state index >= 15 is 0 Å². The summed E-state index contributed by atoms with van der Waals surface area (Å²) in [7, 11) is 1.57. The first-order chi connectivity index (χ1) is 21.6. The molecule has 0 unspecified atom stereocenters. The summed E-state index contributed by atoms with van der Waals surface area (Å²) in [4.78, 5) is 27.7. The molecular formula is C29H33F3N8O5S. The summed E-state index contributed by atoms with van der Waals surface area (Å²) >= 11 is 0. The molecule has 1 amide bonds. The molecule has 3 N–H and O–H groups in total. The predicted octanol–water partition coefficient (Wildman–Crippen LogP) is 4.51. The number of pyridine rings is 1. The lowest BCUT2D eigenvalue weighted by atomic mass is 10.1.